The van der Waals surface area contributed by atoms with Crippen LogP contribution in [0.2, 0.25) is 0 Å². The fraction of sp³-hybridized carbons (Fsp3) is 0.0204. The molecular formula is C49H33N5O2. The Bertz CT molecular complexity index is 3000. The van der Waals surface area contributed by atoms with Crippen molar-refractivity contribution in [3.63, 3.8) is 0 Å². The largest absolute Gasteiger partial charge is 0.486 e. The highest BCUT2D eigenvalue weighted by atomic mass is 16.4. The van der Waals surface area contributed by atoms with E-state index < -0.39 is 11.7 Å². The van der Waals surface area contributed by atoms with Gasteiger partial charge in [-0.1, -0.05) is 121 Å². The van der Waals surface area contributed by atoms with Crippen molar-refractivity contribution in [2.45, 2.75) is 6.92 Å². The fourth-order valence-corrected chi connectivity index (χ4v) is 7.54. The second-order valence-corrected chi connectivity index (χ2v) is 13.6. The van der Waals surface area contributed by atoms with Crippen LogP contribution in [0.4, 0.5) is 0 Å². The molecule has 2 aliphatic rings. The average molecular weight is 724 g/mol. The number of hydrogen-bond acceptors (Lipinski definition) is 3. The Balaban J connectivity index is 1.54. The van der Waals surface area contributed by atoms with Gasteiger partial charge >= 0.3 is 5.97 Å². The molecule has 0 aliphatic carbocycles. The molecule has 8 bridgehead atoms. The van der Waals surface area contributed by atoms with Crippen LogP contribution in [0.1, 0.15) is 33.9 Å². The molecule has 3 aromatic heterocycles. The molecule has 7 heteroatoms. The average Bonchev–Trinajstić information content (AvgIpc) is 4.06. The number of aromatic amines is 2. The minimum absolute atomic E-state index is 0.401. The van der Waals surface area contributed by atoms with Crippen LogP contribution in [0.25, 0.3) is 102 Å². The molecule has 2 aliphatic heterocycles. The molecule has 0 saturated heterocycles. The second-order valence-electron chi connectivity index (χ2n) is 13.6. The summed E-state index contributed by atoms with van der Waals surface area (Å²) in [6.07, 6.45) is 9.54. The summed E-state index contributed by atoms with van der Waals surface area (Å²) in [7, 11) is 0. The number of H-pyrrole nitrogens is 2. The monoisotopic (exact) mass is 723 g/mol. The van der Waals surface area contributed by atoms with Crippen LogP contribution in [-0.2, 0) is 4.79 Å². The number of fused-ring (bicyclic) bond motifs is 8. The van der Waals surface area contributed by atoms with Gasteiger partial charge in [0, 0.05) is 38.8 Å². The summed E-state index contributed by atoms with van der Waals surface area (Å²) < 4.78 is 0. The van der Waals surface area contributed by atoms with Gasteiger partial charge in [-0.15, -0.1) is 0 Å². The standard InChI is InChI=1S/C49H33N5O2/c1-30-13-12-20-34(27-30)47-41-26-25-39(53-41)45(32-16-8-4-9-17-32)37-22-21-36(51-37)44(31-14-6-3-7-15-31)38-23-24-40(52-38)46(33-18-10-5-11-19-33)42-28-35(48(47)54-42)29-43(50-2)49(55)56/h3-29,51,54H,1H3,(H,55,56)/b43-29-,44-36?,44-38?,45-37?,45-39?,46-40?,46-42?,47-41?,48-47?. The van der Waals surface area contributed by atoms with E-state index in [-0.39, 0.29) is 0 Å². The maximum Gasteiger partial charge on any atom is 0.333 e. The summed E-state index contributed by atoms with van der Waals surface area (Å²) in [5.41, 5.74) is 14.6. The molecule has 7 aromatic rings. The van der Waals surface area contributed by atoms with Crippen LogP contribution in [0.15, 0.2) is 139 Å². The minimum Gasteiger partial charge on any atom is -0.486 e. The first kappa shape index (κ1) is 34.0. The highest BCUT2D eigenvalue weighted by molar-refractivity contribution is 6.04. The van der Waals surface area contributed by atoms with Gasteiger partial charge in [0.2, 0.25) is 0 Å². The molecule has 0 atom stereocenters. The van der Waals surface area contributed by atoms with Crippen molar-refractivity contribution in [2.75, 3.05) is 0 Å². The Morgan fingerprint density at radius 1 is 0.571 bits per heavy atom. The third kappa shape index (κ3) is 6.21. The SMILES string of the molecule is [C-]#[N+]/C(=C\c1cc2[nH]c1c(-c1cccc(C)c1)c1nc(c(-c3ccccc3)c3ccc([nH]3)c(-c3ccccc3)c3nc(c2-c2ccccc2)C=C3)C=C1)C(=O)O. The van der Waals surface area contributed by atoms with Gasteiger partial charge in [0.25, 0.3) is 5.70 Å². The number of aromatic nitrogens is 4. The molecule has 0 radical (unpaired) electrons. The van der Waals surface area contributed by atoms with Crippen molar-refractivity contribution in [1.82, 2.24) is 19.9 Å². The van der Waals surface area contributed by atoms with Gasteiger partial charge in [-0.05, 0) is 83.3 Å². The Kier molecular flexibility index (Phi) is 8.62. The quantitative estimate of drug-likeness (QED) is 0.117. The Morgan fingerprint density at radius 2 is 1.04 bits per heavy atom. The third-order valence-corrected chi connectivity index (χ3v) is 10.0. The summed E-state index contributed by atoms with van der Waals surface area (Å²) in [5.74, 6) is -1.30. The number of rotatable bonds is 6. The summed E-state index contributed by atoms with van der Waals surface area (Å²) in [4.78, 5) is 33.9. The first-order valence-corrected chi connectivity index (χ1v) is 18.2. The lowest BCUT2D eigenvalue weighted by molar-refractivity contribution is -0.132. The highest BCUT2D eigenvalue weighted by Gasteiger charge is 2.21. The molecule has 0 saturated carbocycles. The summed E-state index contributed by atoms with van der Waals surface area (Å²) in [6, 6.07) is 44.8. The summed E-state index contributed by atoms with van der Waals surface area (Å²) in [6.45, 7) is 9.80. The van der Waals surface area contributed by atoms with E-state index in [0.717, 1.165) is 78.2 Å². The van der Waals surface area contributed by atoms with E-state index in [9.17, 15) is 9.90 Å². The molecule has 4 aromatic carbocycles. The number of aryl methyl sites for hydroxylation is 1. The number of carboxylic acid groups (broad SMARTS) is 1. The van der Waals surface area contributed by atoms with E-state index in [2.05, 4.69) is 57.3 Å². The normalized spacial score (nSPS) is 12.1. The van der Waals surface area contributed by atoms with Crippen LogP contribution in [0.5, 0.6) is 0 Å². The Labute approximate surface area is 323 Å². The van der Waals surface area contributed by atoms with E-state index in [0.29, 0.717) is 22.3 Å². The number of hydrogen-bond donors (Lipinski definition) is 3. The molecule has 5 heterocycles. The number of carbonyl (C=O) groups is 1. The second kappa shape index (κ2) is 14.2. The van der Waals surface area contributed by atoms with Gasteiger partial charge in [-0.2, -0.15) is 0 Å². The van der Waals surface area contributed by atoms with Gasteiger partial charge in [-0.3, -0.25) is 4.79 Å². The van der Waals surface area contributed by atoms with Gasteiger partial charge in [-0.25, -0.2) is 14.8 Å². The van der Waals surface area contributed by atoms with Crippen LogP contribution in [0.3, 0.4) is 0 Å². The zero-order valence-corrected chi connectivity index (χ0v) is 30.3. The van der Waals surface area contributed by atoms with Crippen LogP contribution in [0, 0.1) is 13.5 Å². The molecule has 0 fully saturated rings. The van der Waals surface area contributed by atoms with Crippen LogP contribution >= 0.6 is 0 Å². The summed E-state index contributed by atoms with van der Waals surface area (Å²) in [5, 5.41) is 10.1. The van der Waals surface area contributed by atoms with Crippen molar-refractivity contribution in [1.29, 1.82) is 0 Å². The van der Waals surface area contributed by atoms with E-state index in [1.807, 2.05) is 122 Å². The van der Waals surface area contributed by atoms with Gasteiger partial charge in [0.05, 0.1) is 34.9 Å². The maximum absolute atomic E-state index is 12.3. The molecule has 9 rings (SSSR count). The molecule has 0 unspecified atom stereocenters. The highest BCUT2D eigenvalue weighted by Crippen LogP contribution is 2.40. The van der Waals surface area contributed by atoms with E-state index in [4.69, 9.17) is 16.5 Å². The number of nitrogens with zero attached hydrogens (tertiary/aromatic N) is 3. The van der Waals surface area contributed by atoms with Crippen molar-refractivity contribution < 1.29 is 9.90 Å². The first-order valence-electron chi connectivity index (χ1n) is 18.2. The Morgan fingerprint density at radius 3 is 1.50 bits per heavy atom. The lowest BCUT2D eigenvalue weighted by Gasteiger charge is -2.08. The van der Waals surface area contributed by atoms with Gasteiger partial charge in [0.1, 0.15) is 0 Å². The lowest BCUT2D eigenvalue weighted by Crippen LogP contribution is -1.95. The first-order chi connectivity index (χ1) is 27.4. The number of benzene rings is 4. The number of carboxylic acids is 1. The summed E-state index contributed by atoms with van der Waals surface area (Å²) >= 11 is 0. The van der Waals surface area contributed by atoms with Gasteiger partial charge < -0.3 is 15.1 Å². The zero-order chi connectivity index (χ0) is 38.2. The maximum atomic E-state index is 12.3. The van der Waals surface area contributed by atoms with E-state index in [1.165, 1.54) is 6.08 Å². The molecule has 7 nitrogen and oxygen atoms in total. The van der Waals surface area contributed by atoms with Crippen molar-refractivity contribution in [3.05, 3.63) is 184 Å². The van der Waals surface area contributed by atoms with Crippen molar-refractivity contribution in [3.8, 4) is 44.5 Å². The molecule has 0 amide bonds. The van der Waals surface area contributed by atoms with Crippen molar-refractivity contribution >= 4 is 58.4 Å². The number of nitrogens with one attached hydrogen (secondary N) is 2. The molecule has 56 heavy (non-hydrogen) atoms. The van der Waals surface area contributed by atoms with Gasteiger partial charge in [0.15, 0.2) is 0 Å². The van der Waals surface area contributed by atoms with Crippen LogP contribution < -0.4 is 0 Å². The van der Waals surface area contributed by atoms with E-state index >= 15 is 0 Å². The molecule has 266 valence electrons. The van der Waals surface area contributed by atoms with E-state index in [1.54, 1.807) is 0 Å². The lowest BCUT2D eigenvalue weighted by atomic mass is 9.99. The van der Waals surface area contributed by atoms with Crippen LogP contribution in [-0.4, -0.2) is 31.0 Å². The minimum atomic E-state index is -1.30. The molecule has 0 spiro atoms. The fourth-order valence-electron chi connectivity index (χ4n) is 7.54. The topological polar surface area (TPSA) is 99.0 Å². The van der Waals surface area contributed by atoms with Crippen molar-refractivity contribution in [2.24, 2.45) is 0 Å². The zero-order valence-electron chi connectivity index (χ0n) is 30.3. The molecular weight excluding hydrogens is 691 g/mol. The Hall–Kier alpha value is -7.82. The smallest absolute Gasteiger partial charge is 0.333 e. The predicted octanol–water partition coefficient (Wildman–Crippen LogP) is 12.0. The third-order valence-electron chi connectivity index (χ3n) is 10.0. The predicted molar refractivity (Wildman–Crippen MR) is 228 cm³/mol. The number of aliphatic carboxylic acids is 1. The molecule has 3 N–H and O–H groups in total.